The predicted molar refractivity (Wildman–Crippen MR) is 120 cm³/mol. The molecule has 0 aromatic heterocycles. The fraction of sp³-hybridized carbons (Fsp3) is 0.458. The van der Waals surface area contributed by atoms with Crippen LogP contribution in [0.1, 0.15) is 56.1 Å². The maximum Gasteiger partial charge on any atom is 0.243 e. The van der Waals surface area contributed by atoms with Gasteiger partial charge in [-0.1, -0.05) is 55.8 Å². The Morgan fingerprint density at radius 3 is 2.30 bits per heavy atom. The Kier molecular flexibility index (Phi) is 8.05. The maximum absolute atomic E-state index is 12.7. The number of nitrogens with zero attached hydrogens (tertiary/aromatic N) is 1. The van der Waals surface area contributed by atoms with Gasteiger partial charge < -0.3 is 5.32 Å². The summed E-state index contributed by atoms with van der Waals surface area (Å²) in [6, 6.07) is 17.2. The fourth-order valence-electron chi connectivity index (χ4n) is 3.89. The van der Waals surface area contributed by atoms with Crippen molar-refractivity contribution >= 4 is 15.9 Å². The van der Waals surface area contributed by atoms with Crippen LogP contribution in [-0.2, 0) is 21.2 Å². The van der Waals surface area contributed by atoms with Gasteiger partial charge in [-0.05, 0) is 48.9 Å². The molecule has 0 aliphatic carbocycles. The van der Waals surface area contributed by atoms with E-state index in [9.17, 15) is 13.2 Å². The van der Waals surface area contributed by atoms with Gasteiger partial charge in [0.1, 0.15) is 0 Å². The zero-order valence-electron chi connectivity index (χ0n) is 17.7. The minimum Gasteiger partial charge on any atom is -0.355 e. The molecule has 5 nitrogen and oxygen atoms in total. The van der Waals surface area contributed by atoms with Crippen LogP contribution in [0.15, 0.2) is 59.5 Å². The van der Waals surface area contributed by atoms with Gasteiger partial charge in [0.15, 0.2) is 0 Å². The zero-order chi connectivity index (χ0) is 21.4. The van der Waals surface area contributed by atoms with Crippen molar-refractivity contribution in [3.63, 3.8) is 0 Å². The molecule has 2 aromatic rings. The topological polar surface area (TPSA) is 66.5 Å². The Bertz CT molecular complexity index is 905. The summed E-state index contributed by atoms with van der Waals surface area (Å²) in [4.78, 5) is 12.6. The van der Waals surface area contributed by atoms with E-state index in [2.05, 4.69) is 24.4 Å². The first kappa shape index (κ1) is 22.5. The molecule has 1 N–H and O–H groups in total. The van der Waals surface area contributed by atoms with Gasteiger partial charge in [-0.25, -0.2) is 8.42 Å². The van der Waals surface area contributed by atoms with Crippen molar-refractivity contribution in [2.75, 3.05) is 19.6 Å². The molecule has 0 saturated carbocycles. The average Bonchev–Trinajstić information content (AvgIpc) is 2.79. The third-order valence-electron chi connectivity index (χ3n) is 5.83. The second-order valence-corrected chi connectivity index (χ2v) is 9.87. The maximum atomic E-state index is 12.7. The van der Waals surface area contributed by atoms with Gasteiger partial charge in [0.05, 0.1) is 4.90 Å². The number of nitrogens with one attached hydrogen (secondary N) is 1. The molecule has 0 radical (unpaired) electrons. The van der Waals surface area contributed by atoms with Gasteiger partial charge in [-0.3, -0.25) is 4.79 Å². The van der Waals surface area contributed by atoms with Crippen molar-refractivity contribution in [3.8, 4) is 0 Å². The molecule has 0 bridgehead atoms. The fourth-order valence-corrected chi connectivity index (χ4v) is 5.41. The molecule has 1 amide bonds. The van der Waals surface area contributed by atoms with Crippen LogP contribution in [0.4, 0.5) is 0 Å². The highest BCUT2D eigenvalue weighted by Crippen LogP contribution is 2.21. The lowest BCUT2D eigenvalue weighted by molar-refractivity contribution is -0.121. The largest absolute Gasteiger partial charge is 0.355 e. The molecular weight excluding hydrogens is 396 g/mol. The highest BCUT2D eigenvalue weighted by molar-refractivity contribution is 7.89. The normalized spacial score (nSPS) is 16.2. The number of carbonyl (C=O) groups excluding carboxylic acids is 1. The smallest absolute Gasteiger partial charge is 0.243 e. The first-order valence-corrected chi connectivity index (χ1v) is 12.4. The zero-order valence-corrected chi connectivity index (χ0v) is 18.5. The Hall–Kier alpha value is -2.18. The Morgan fingerprint density at radius 2 is 1.67 bits per heavy atom. The van der Waals surface area contributed by atoms with Gasteiger partial charge in [0.2, 0.25) is 15.9 Å². The van der Waals surface area contributed by atoms with Crippen LogP contribution < -0.4 is 5.32 Å². The third kappa shape index (κ3) is 5.92. The van der Waals surface area contributed by atoms with E-state index >= 15 is 0 Å². The van der Waals surface area contributed by atoms with Crippen molar-refractivity contribution < 1.29 is 13.2 Å². The van der Waals surface area contributed by atoms with Gasteiger partial charge in [-0.15, -0.1) is 0 Å². The van der Waals surface area contributed by atoms with E-state index < -0.39 is 10.0 Å². The number of benzene rings is 2. The van der Waals surface area contributed by atoms with E-state index in [1.165, 1.54) is 5.56 Å². The SMILES string of the molecule is CCC(CNC(=O)CCc1ccc(S(=O)(=O)N2CCCCC2)cc1)c1ccccc1. The monoisotopic (exact) mass is 428 g/mol. The van der Waals surface area contributed by atoms with Gasteiger partial charge in [-0.2, -0.15) is 4.31 Å². The van der Waals surface area contributed by atoms with Crippen LogP contribution in [-0.4, -0.2) is 38.3 Å². The van der Waals surface area contributed by atoms with Crippen molar-refractivity contribution in [1.82, 2.24) is 9.62 Å². The Morgan fingerprint density at radius 1 is 1.00 bits per heavy atom. The average molecular weight is 429 g/mol. The molecule has 1 fully saturated rings. The number of aryl methyl sites for hydroxylation is 1. The molecule has 1 heterocycles. The van der Waals surface area contributed by atoms with Crippen molar-refractivity contribution in [1.29, 1.82) is 0 Å². The molecule has 1 saturated heterocycles. The minimum absolute atomic E-state index is 0.0226. The lowest BCUT2D eigenvalue weighted by Crippen LogP contribution is -2.35. The number of carbonyl (C=O) groups is 1. The molecule has 2 aromatic carbocycles. The first-order valence-electron chi connectivity index (χ1n) is 10.9. The molecular formula is C24H32N2O3S. The number of rotatable bonds is 9. The van der Waals surface area contributed by atoms with Gasteiger partial charge in [0.25, 0.3) is 0 Å². The van der Waals surface area contributed by atoms with Crippen LogP contribution in [0.25, 0.3) is 0 Å². The van der Waals surface area contributed by atoms with Crippen LogP contribution in [0.3, 0.4) is 0 Å². The highest BCUT2D eigenvalue weighted by Gasteiger charge is 2.25. The van der Waals surface area contributed by atoms with Crippen molar-refractivity contribution in [2.24, 2.45) is 0 Å². The predicted octanol–water partition coefficient (Wildman–Crippen LogP) is 4.10. The van der Waals surface area contributed by atoms with E-state index in [1.54, 1.807) is 16.4 Å². The summed E-state index contributed by atoms with van der Waals surface area (Å²) in [7, 11) is -3.40. The quantitative estimate of drug-likeness (QED) is 0.654. The molecule has 0 spiro atoms. The van der Waals surface area contributed by atoms with Gasteiger partial charge >= 0.3 is 0 Å². The number of amides is 1. The number of piperidine rings is 1. The summed E-state index contributed by atoms with van der Waals surface area (Å²) < 4.78 is 27.0. The van der Waals surface area contributed by atoms with E-state index in [0.717, 1.165) is 31.2 Å². The molecule has 1 aliphatic heterocycles. The van der Waals surface area contributed by atoms with Crippen LogP contribution in [0.5, 0.6) is 0 Å². The number of hydrogen-bond donors (Lipinski definition) is 1. The Labute approximate surface area is 180 Å². The van der Waals surface area contributed by atoms with Crippen molar-refractivity contribution in [3.05, 3.63) is 65.7 Å². The first-order chi connectivity index (χ1) is 14.5. The molecule has 3 rings (SSSR count). The summed E-state index contributed by atoms with van der Waals surface area (Å²) in [5, 5.41) is 3.04. The van der Waals surface area contributed by atoms with E-state index in [-0.39, 0.29) is 5.91 Å². The third-order valence-corrected chi connectivity index (χ3v) is 7.74. The van der Waals surface area contributed by atoms with E-state index in [1.807, 2.05) is 30.3 Å². The highest BCUT2D eigenvalue weighted by atomic mass is 32.2. The number of hydrogen-bond acceptors (Lipinski definition) is 3. The summed E-state index contributed by atoms with van der Waals surface area (Å²) in [6.45, 7) is 3.97. The van der Waals surface area contributed by atoms with Crippen LogP contribution >= 0.6 is 0 Å². The van der Waals surface area contributed by atoms with Gasteiger partial charge in [0, 0.05) is 32.0 Å². The molecule has 6 heteroatoms. The second-order valence-electron chi connectivity index (χ2n) is 7.93. The molecule has 1 atom stereocenters. The molecule has 30 heavy (non-hydrogen) atoms. The summed E-state index contributed by atoms with van der Waals surface area (Å²) in [5.74, 6) is 0.337. The summed E-state index contributed by atoms with van der Waals surface area (Å²) in [6.07, 6.45) is 4.90. The van der Waals surface area contributed by atoms with E-state index in [4.69, 9.17) is 0 Å². The van der Waals surface area contributed by atoms with E-state index in [0.29, 0.717) is 43.3 Å². The lowest BCUT2D eigenvalue weighted by atomic mass is 9.96. The molecule has 1 aliphatic rings. The second kappa shape index (κ2) is 10.7. The van der Waals surface area contributed by atoms with Crippen LogP contribution in [0.2, 0.25) is 0 Å². The lowest BCUT2D eigenvalue weighted by Gasteiger charge is -2.25. The number of sulfonamides is 1. The van der Waals surface area contributed by atoms with Crippen LogP contribution in [0, 0.1) is 0 Å². The Balaban J connectivity index is 1.49. The van der Waals surface area contributed by atoms with Crippen molar-refractivity contribution in [2.45, 2.75) is 56.3 Å². The minimum atomic E-state index is -3.40. The summed E-state index contributed by atoms with van der Waals surface area (Å²) in [5.41, 5.74) is 2.21. The molecule has 162 valence electrons. The summed E-state index contributed by atoms with van der Waals surface area (Å²) >= 11 is 0. The standard InChI is InChI=1S/C24H32N2O3S/c1-2-21(22-9-5-3-6-10-22)19-25-24(27)16-13-20-11-14-23(15-12-20)30(28,29)26-17-7-4-8-18-26/h3,5-6,9-12,14-15,21H,2,4,7-8,13,16-19H2,1H3,(H,25,27). The molecule has 1 unspecified atom stereocenters.